The molecule has 5 N–H and O–H groups in total. The fourth-order valence-corrected chi connectivity index (χ4v) is 6.80. The van der Waals surface area contributed by atoms with Gasteiger partial charge in [0.25, 0.3) is 0 Å². The number of hydrogen-bond acceptors (Lipinski definition) is 9. The normalized spacial score (nSPS) is 21.9. The van der Waals surface area contributed by atoms with E-state index in [4.69, 9.17) is 15.0 Å². The highest BCUT2D eigenvalue weighted by Crippen LogP contribution is 2.35. The van der Waals surface area contributed by atoms with E-state index in [9.17, 15) is 15.0 Å². The molecule has 1 aliphatic carbocycles. The molecule has 4 atom stereocenters. The molecule has 0 unspecified atom stereocenters. The second-order valence-electron chi connectivity index (χ2n) is 12.5. The SMILES string of the molecule is CCCC(=O)N[C@H]1C[C@@H](n2cnc3c(NCC(c4ccccc4)c4ccccc4)nc(NCCN4CCCCC4)nc32)[C@H](O)[C@@H]1O. The van der Waals surface area contributed by atoms with Crippen LogP contribution in [0.3, 0.4) is 0 Å². The van der Waals surface area contributed by atoms with E-state index in [2.05, 4.69) is 69.4 Å². The Balaban J connectivity index is 1.29. The topological polar surface area (TPSA) is 140 Å². The van der Waals surface area contributed by atoms with Crippen LogP contribution in [0.5, 0.6) is 0 Å². The maximum atomic E-state index is 12.3. The van der Waals surface area contributed by atoms with Crippen molar-refractivity contribution in [1.82, 2.24) is 29.7 Å². The third-order valence-corrected chi connectivity index (χ3v) is 9.29. The van der Waals surface area contributed by atoms with Crippen LogP contribution in [0, 0.1) is 0 Å². The van der Waals surface area contributed by atoms with Crippen molar-refractivity contribution >= 4 is 28.8 Å². The number of imidazole rings is 1. The van der Waals surface area contributed by atoms with Crippen LogP contribution in [-0.2, 0) is 4.79 Å². The summed E-state index contributed by atoms with van der Waals surface area (Å²) in [6, 6.07) is 19.7. The number of aromatic nitrogens is 4. The van der Waals surface area contributed by atoms with E-state index < -0.39 is 24.3 Å². The van der Waals surface area contributed by atoms with Gasteiger partial charge in [-0.15, -0.1) is 0 Å². The maximum Gasteiger partial charge on any atom is 0.226 e. The summed E-state index contributed by atoms with van der Waals surface area (Å²) in [7, 11) is 0. The molecule has 11 nitrogen and oxygen atoms in total. The predicted molar refractivity (Wildman–Crippen MR) is 180 cm³/mol. The number of carbonyl (C=O) groups excluding carboxylic acids is 1. The molecule has 46 heavy (non-hydrogen) atoms. The van der Waals surface area contributed by atoms with Gasteiger partial charge in [0.2, 0.25) is 11.9 Å². The zero-order valence-corrected chi connectivity index (χ0v) is 26.6. The second kappa shape index (κ2) is 15.0. The molecule has 0 radical (unpaired) electrons. The van der Waals surface area contributed by atoms with E-state index in [1.54, 1.807) is 6.33 Å². The van der Waals surface area contributed by atoms with Gasteiger partial charge < -0.3 is 35.6 Å². The van der Waals surface area contributed by atoms with Crippen molar-refractivity contribution in [2.45, 2.75) is 75.7 Å². The van der Waals surface area contributed by atoms with Gasteiger partial charge in [-0.2, -0.15) is 9.97 Å². The predicted octanol–water partition coefficient (Wildman–Crippen LogP) is 3.92. The number of nitrogens with zero attached hydrogens (tertiary/aromatic N) is 5. The number of rotatable bonds is 13. The third kappa shape index (κ3) is 7.32. The lowest BCUT2D eigenvalue weighted by Crippen LogP contribution is -2.42. The number of carbonyl (C=O) groups is 1. The minimum atomic E-state index is -1.10. The van der Waals surface area contributed by atoms with E-state index in [1.807, 2.05) is 23.6 Å². The third-order valence-electron chi connectivity index (χ3n) is 9.29. The maximum absolute atomic E-state index is 12.3. The lowest BCUT2D eigenvalue weighted by molar-refractivity contribution is -0.122. The Morgan fingerprint density at radius 2 is 1.63 bits per heavy atom. The Kier molecular flexibility index (Phi) is 10.4. The first kappa shape index (κ1) is 31.9. The van der Waals surface area contributed by atoms with Crippen LogP contribution in [0.4, 0.5) is 11.8 Å². The van der Waals surface area contributed by atoms with Gasteiger partial charge in [0, 0.05) is 32.0 Å². The van der Waals surface area contributed by atoms with Crippen LogP contribution >= 0.6 is 0 Å². The molecule has 1 amide bonds. The fourth-order valence-electron chi connectivity index (χ4n) is 6.80. The molecule has 1 saturated heterocycles. The van der Waals surface area contributed by atoms with Crippen molar-refractivity contribution in [2.75, 3.05) is 43.4 Å². The van der Waals surface area contributed by atoms with Gasteiger partial charge in [0.1, 0.15) is 12.2 Å². The molecule has 11 heteroatoms. The Bertz CT molecular complexity index is 1520. The van der Waals surface area contributed by atoms with Gasteiger partial charge in [-0.1, -0.05) is 74.0 Å². The molecule has 2 aromatic carbocycles. The highest BCUT2D eigenvalue weighted by atomic mass is 16.3. The summed E-state index contributed by atoms with van der Waals surface area (Å²) in [6.07, 6.45) is 4.67. The summed E-state index contributed by atoms with van der Waals surface area (Å²) in [5.41, 5.74) is 3.53. The van der Waals surface area contributed by atoms with Crippen LogP contribution < -0.4 is 16.0 Å². The number of nitrogens with one attached hydrogen (secondary N) is 3. The standard InChI is InChI=1S/C35H46N8O3/c1-2-12-29(44)39-27-21-28(32(46)31(27)45)43-23-38-30-33(40-35(41-34(30)43)36-17-20-42-18-10-5-11-19-42)37-22-26(24-13-6-3-7-14-24)25-15-8-4-9-16-25/h3-4,6-9,13-16,23,26-28,31-32,45-46H,2,5,10-12,17-22H2,1H3,(H,39,44)(H2,36,37,40,41)/t27-,28+,31+,32-/m0/s1. The molecule has 1 saturated carbocycles. The second-order valence-corrected chi connectivity index (χ2v) is 12.5. The highest BCUT2D eigenvalue weighted by Gasteiger charge is 2.43. The smallest absolute Gasteiger partial charge is 0.226 e. The number of aliphatic hydroxyl groups excluding tert-OH is 2. The average molecular weight is 627 g/mol. The zero-order valence-electron chi connectivity index (χ0n) is 26.6. The summed E-state index contributed by atoms with van der Waals surface area (Å²) in [5, 5.41) is 31.9. The quantitative estimate of drug-likeness (QED) is 0.149. The molecule has 2 fully saturated rings. The Labute approximate surface area is 270 Å². The van der Waals surface area contributed by atoms with Gasteiger partial charge in [0.05, 0.1) is 18.4 Å². The van der Waals surface area contributed by atoms with Gasteiger partial charge in [-0.3, -0.25) is 4.79 Å². The number of likely N-dealkylation sites (tertiary alicyclic amines) is 1. The number of fused-ring (bicyclic) bond motifs is 1. The van der Waals surface area contributed by atoms with Crippen molar-refractivity contribution in [2.24, 2.45) is 0 Å². The van der Waals surface area contributed by atoms with Crippen molar-refractivity contribution < 1.29 is 15.0 Å². The molecule has 4 aromatic rings. The summed E-state index contributed by atoms with van der Waals surface area (Å²) in [4.78, 5) is 29.3. The molecule has 244 valence electrons. The largest absolute Gasteiger partial charge is 0.388 e. The monoisotopic (exact) mass is 626 g/mol. The first-order valence-electron chi connectivity index (χ1n) is 16.7. The van der Waals surface area contributed by atoms with Gasteiger partial charge in [0.15, 0.2) is 17.0 Å². The lowest BCUT2D eigenvalue weighted by atomic mass is 9.91. The summed E-state index contributed by atoms with van der Waals surface area (Å²) >= 11 is 0. The van der Waals surface area contributed by atoms with Crippen LogP contribution in [0.25, 0.3) is 11.2 Å². The van der Waals surface area contributed by atoms with E-state index in [0.29, 0.717) is 55.3 Å². The highest BCUT2D eigenvalue weighted by molar-refractivity contribution is 5.84. The molecule has 3 heterocycles. The van der Waals surface area contributed by atoms with Crippen LogP contribution in [0.15, 0.2) is 67.0 Å². The number of hydrogen-bond donors (Lipinski definition) is 5. The molecule has 6 rings (SSSR count). The number of anilines is 2. The number of piperidine rings is 1. The molecular formula is C35H46N8O3. The molecule has 2 aromatic heterocycles. The lowest BCUT2D eigenvalue weighted by Gasteiger charge is -2.26. The van der Waals surface area contributed by atoms with Gasteiger partial charge in [-0.05, 0) is 49.9 Å². The summed E-state index contributed by atoms with van der Waals surface area (Å²) in [5.74, 6) is 1.02. The number of aliphatic hydroxyl groups is 2. The van der Waals surface area contributed by atoms with Crippen molar-refractivity contribution in [3.63, 3.8) is 0 Å². The minimum Gasteiger partial charge on any atom is -0.388 e. The average Bonchev–Trinajstić information content (AvgIpc) is 3.62. The Morgan fingerprint density at radius 1 is 0.935 bits per heavy atom. The molecule has 1 aliphatic heterocycles. The van der Waals surface area contributed by atoms with E-state index >= 15 is 0 Å². The molecule has 2 aliphatic rings. The molecule has 0 bridgehead atoms. The van der Waals surface area contributed by atoms with Crippen LogP contribution in [0.2, 0.25) is 0 Å². The Hall–Kier alpha value is -4.06. The molecular weight excluding hydrogens is 580 g/mol. The van der Waals surface area contributed by atoms with Gasteiger partial charge in [-0.25, -0.2) is 4.98 Å². The summed E-state index contributed by atoms with van der Waals surface area (Å²) in [6.45, 7) is 6.34. The minimum absolute atomic E-state index is 0.0734. The van der Waals surface area contributed by atoms with Crippen molar-refractivity contribution in [1.29, 1.82) is 0 Å². The van der Waals surface area contributed by atoms with E-state index in [-0.39, 0.29) is 11.8 Å². The fraction of sp³-hybridized carbons (Fsp3) is 0.486. The number of amides is 1. The Morgan fingerprint density at radius 3 is 2.30 bits per heavy atom. The first-order valence-corrected chi connectivity index (χ1v) is 16.7. The van der Waals surface area contributed by atoms with Gasteiger partial charge >= 0.3 is 0 Å². The van der Waals surface area contributed by atoms with Crippen molar-refractivity contribution in [3.05, 3.63) is 78.1 Å². The number of benzene rings is 2. The zero-order chi connectivity index (χ0) is 31.9. The van der Waals surface area contributed by atoms with E-state index in [1.165, 1.54) is 30.4 Å². The first-order chi connectivity index (χ1) is 22.5. The summed E-state index contributed by atoms with van der Waals surface area (Å²) < 4.78 is 1.82. The van der Waals surface area contributed by atoms with Crippen molar-refractivity contribution in [3.8, 4) is 0 Å². The molecule has 0 spiro atoms. The van der Waals surface area contributed by atoms with Crippen LogP contribution in [-0.4, -0.2) is 91.5 Å². The van der Waals surface area contributed by atoms with Crippen LogP contribution in [0.1, 0.15) is 68.5 Å². The van der Waals surface area contributed by atoms with E-state index in [0.717, 1.165) is 19.6 Å².